The van der Waals surface area contributed by atoms with Crippen LogP contribution in [0.4, 0.5) is 11.4 Å². The molecule has 0 heterocycles. The summed E-state index contributed by atoms with van der Waals surface area (Å²) in [5.41, 5.74) is 2.48. The van der Waals surface area contributed by atoms with E-state index >= 15 is 0 Å². The molecule has 3 N–H and O–H groups in total. The van der Waals surface area contributed by atoms with Crippen LogP contribution in [0, 0.1) is 0 Å². The summed E-state index contributed by atoms with van der Waals surface area (Å²) in [7, 11) is 1.58. The SMILES string of the molecule is COc1cccc(NC(=O)C(C)Sc2ccc(NC(=O)/C(=C/c3cccc(Br)c3)NC(=O)c3ccccc3)cc2)c1. The summed E-state index contributed by atoms with van der Waals surface area (Å²) < 4.78 is 6.05. The Balaban J connectivity index is 1.42. The Morgan fingerprint density at radius 2 is 1.56 bits per heavy atom. The van der Waals surface area contributed by atoms with E-state index in [0.29, 0.717) is 22.7 Å². The maximum absolute atomic E-state index is 13.3. The first kappa shape index (κ1) is 29.6. The Morgan fingerprint density at radius 1 is 0.829 bits per heavy atom. The molecule has 0 bridgehead atoms. The molecular weight excluding hydrogens is 602 g/mol. The van der Waals surface area contributed by atoms with Gasteiger partial charge in [0.05, 0.1) is 12.4 Å². The van der Waals surface area contributed by atoms with Gasteiger partial charge in [-0.3, -0.25) is 14.4 Å². The van der Waals surface area contributed by atoms with E-state index in [1.807, 2.05) is 61.5 Å². The van der Waals surface area contributed by atoms with Gasteiger partial charge in [0.1, 0.15) is 11.4 Å². The van der Waals surface area contributed by atoms with Crippen molar-refractivity contribution < 1.29 is 19.1 Å². The number of ether oxygens (including phenoxy) is 1. The van der Waals surface area contributed by atoms with E-state index in [-0.39, 0.29) is 16.9 Å². The van der Waals surface area contributed by atoms with Crippen LogP contribution in [0.15, 0.2) is 118 Å². The molecule has 0 radical (unpaired) electrons. The van der Waals surface area contributed by atoms with Crippen LogP contribution in [0.3, 0.4) is 0 Å². The molecule has 208 valence electrons. The molecule has 7 nitrogen and oxygen atoms in total. The van der Waals surface area contributed by atoms with E-state index in [1.165, 1.54) is 11.8 Å². The van der Waals surface area contributed by atoms with Crippen molar-refractivity contribution >= 4 is 62.9 Å². The molecule has 0 aliphatic rings. The summed E-state index contributed by atoms with van der Waals surface area (Å²) in [6.45, 7) is 1.82. The van der Waals surface area contributed by atoms with Crippen LogP contribution in [0.1, 0.15) is 22.8 Å². The monoisotopic (exact) mass is 629 g/mol. The standard InChI is InChI=1S/C32H28BrN3O4S/c1-21(30(37)35-26-12-7-13-27(20-26)40-2)41-28-16-14-25(15-17-28)34-32(39)29(19-22-8-6-11-24(33)18-22)36-31(38)23-9-4-3-5-10-23/h3-21H,1-2H3,(H,34,39)(H,35,37)(H,36,38)/b29-19-. The summed E-state index contributed by atoms with van der Waals surface area (Å²) in [5.74, 6) is -0.345. The number of amides is 3. The van der Waals surface area contributed by atoms with Crippen molar-refractivity contribution in [1.82, 2.24) is 5.32 Å². The number of benzene rings is 4. The average molecular weight is 631 g/mol. The van der Waals surface area contributed by atoms with Gasteiger partial charge in [-0.2, -0.15) is 0 Å². The first-order chi connectivity index (χ1) is 19.8. The number of carbonyl (C=O) groups is 3. The topological polar surface area (TPSA) is 96.5 Å². The second-order valence-electron chi connectivity index (χ2n) is 8.89. The summed E-state index contributed by atoms with van der Waals surface area (Å²) in [5, 5.41) is 8.11. The molecule has 4 aromatic carbocycles. The third-order valence-corrected chi connectivity index (χ3v) is 7.43. The number of anilines is 2. The van der Waals surface area contributed by atoms with E-state index in [0.717, 1.165) is 14.9 Å². The van der Waals surface area contributed by atoms with Gasteiger partial charge in [0.2, 0.25) is 5.91 Å². The quantitative estimate of drug-likeness (QED) is 0.130. The third kappa shape index (κ3) is 8.83. The fourth-order valence-corrected chi connectivity index (χ4v) is 5.01. The number of hydrogen-bond donors (Lipinski definition) is 3. The van der Waals surface area contributed by atoms with Gasteiger partial charge in [0.25, 0.3) is 11.8 Å². The average Bonchev–Trinajstić information content (AvgIpc) is 2.98. The number of methoxy groups -OCH3 is 1. The highest BCUT2D eigenvalue weighted by molar-refractivity contribution is 9.10. The van der Waals surface area contributed by atoms with Crippen LogP contribution in [0.5, 0.6) is 5.75 Å². The van der Waals surface area contributed by atoms with Gasteiger partial charge >= 0.3 is 0 Å². The van der Waals surface area contributed by atoms with Gasteiger partial charge in [-0.1, -0.05) is 52.3 Å². The maximum atomic E-state index is 13.3. The van der Waals surface area contributed by atoms with Crippen molar-refractivity contribution in [3.8, 4) is 5.75 Å². The van der Waals surface area contributed by atoms with Crippen LogP contribution >= 0.6 is 27.7 Å². The van der Waals surface area contributed by atoms with E-state index in [4.69, 9.17) is 4.74 Å². The lowest BCUT2D eigenvalue weighted by Crippen LogP contribution is -2.30. The molecule has 0 saturated carbocycles. The Morgan fingerprint density at radius 3 is 2.27 bits per heavy atom. The van der Waals surface area contributed by atoms with Crippen LogP contribution in [-0.4, -0.2) is 30.1 Å². The fraction of sp³-hybridized carbons (Fsp3) is 0.0938. The van der Waals surface area contributed by atoms with Crippen molar-refractivity contribution in [3.05, 3.63) is 124 Å². The summed E-state index contributed by atoms with van der Waals surface area (Å²) in [4.78, 5) is 39.7. The predicted molar refractivity (Wildman–Crippen MR) is 168 cm³/mol. The molecule has 0 spiro atoms. The van der Waals surface area contributed by atoms with Crippen LogP contribution < -0.4 is 20.7 Å². The number of carbonyl (C=O) groups excluding carboxylic acids is 3. The molecule has 3 amide bonds. The lowest BCUT2D eigenvalue weighted by molar-refractivity contribution is -0.115. The Hall–Kier alpha value is -4.34. The summed E-state index contributed by atoms with van der Waals surface area (Å²) in [6.07, 6.45) is 1.62. The molecule has 1 atom stereocenters. The first-order valence-corrected chi connectivity index (χ1v) is 14.3. The normalized spacial score (nSPS) is 11.7. The molecule has 0 saturated heterocycles. The summed E-state index contributed by atoms with van der Waals surface area (Å²) in [6, 6.07) is 30.4. The van der Waals surface area contributed by atoms with E-state index in [9.17, 15) is 14.4 Å². The molecule has 1 unspecified atom stereocenters. The second kappa shape index (κ2) is 14.3. The second-order valence-corrected chi connectivity index (χ2v) is 11.2. The number of nitrogens with one attached hydrogen (secondary N) is 3. The number of halogens is 1. The highest BCUT2D eigenvalue weighted by Gasteiger charge is 2.17. The van der Waals surface area contributed by atoms with Crippen molar-refractivity contribution in [2.24, 2.45) is 0 Å². The zero-order valence-corrected chi connectivity index (χ0v) is 24.8. The van der Waals surface area contributed by atoms with Gasteiger partial charge in [0, 0.05) is 32.4 Å². The molecule has 4 rings (SSSR count). The zero-order valence-electron chi connectivity index (χ0n) is 22.4. The van der Waals surface area contributed by atoms with Crippen LogP contribution in [0.25, 0.3) is 6.08 Å². The first-order valence-electron chi connectivity index (χ1n) is 12.7. The highest BCUT2D eigenvalue weighted by atomic mass is 79.9. The van der Waals surface area contributed by atoms with Crippen molar-refractivity contribution in [2.45, 2.75) is 17.1 Å². The van der Waals surface area contributed by atoms with E-state index in [2.05, 4.69) is 31.9 Å². The molecule has 0 aliphatic carbocycles. The van der Waals surface area contributed by atoms with Crippen molar-refractivity contribution in [2.75, 3.05) is 17.7 Å². The molecule has 9 heteroatoms. The minimum atomic E-state index is -0.472. The van der Waals surface area contributed by atoms with Gasteiger partial charge < -0.3 is 20.7 Å². The molecule has 0 aliphatic heterocycles. The lowest BCUT2D eigenvalue weighted by atomic mass is 10.1. The smallest absolute Gasteiger partial charge is 0.272 e. The third-order valence-electron chi connectivity index (χ3n) is 5.82. The van der Waals surface area contributed by atoms with E-state index < -0.39 is 11.8 Å². The maximum Gasteiger partial charge on any atom is 0.272 e. The largest absolute Gasteiger partial charge is 0.497 e. The van der Waals surface area contributed by atoms with Crippen LogP contribution in [-0.2, 0) is 9.59 Å². The lowest BCUT2D eigenvalue weighted by Gasteiger charge is -2.14. The highest BCUT2D eigenvalue weighted by Crippen LogP contribution is 2.26. The summed E-state index contributed by atoms with van der Waals surface area (Å²) >= 11 is 4.83. The molecule has 4 aromatic rings. The minimum absolute atomic E-state index is 0.0956. The van der Waals surface area contributed by atoms with Gasteiger partial charge in [-0.15, -0.1) is 11.8 Å². The Labute approximate surface area is 251 Å². The molecular formula is C32H28BrN3O4S. The predicted octanol–water partition coefficient (Wildman–Crippen LogP) is 6.99. The number of rotatable bonds is 10. The van der Waals surface area contributed by atoms with Gasteiger partial charge in [0.15, 0.2) is 0 Å². The Bertz CT molecular complexity index is 1560. The fourth-order valence-electron chi connectivity index (χ4n) is 3.72. The van der Waals surface area contributed by atoms with Crippen molar-refractivity contribution in [1.29, 1.82) is 0 Å². The zero-order chi connectivity index (χ0) is 29.2. The molecule has 41 heavy (non-hydrogen) atoms. The van der Waals surface area contributed by atoms with Gasteiger partial charge in [-0.25, -0.2) is 0 Å². The minimum Gasteiger partial charge on any atom is -0.497 e. The Kier molecular flexibility index (Phi) is 10.4. The van der Waals surface area contributed by atoms with E-state index in [1.54, 1.807) is 61.7 Å². The number of thioether (sulfide) groups is 1. The van der Waals surface area contributed by atoms with Gasteiger partial charge in [-0.05, 0) is 79.2 Å². The number of hydrogen-bond acceptors (Lipinski definition) is 5. The van der Waals surface area contributed by atoms with Crippen molar-refractivity contribution in [3.63, 3.8) is 0 Å². The molecule has 0 aromatic heterocycles. The van der Waals surface area contributed by atoms with Crippen LogP contribution in [0.2, 0.25) is 0 Å². The molecule has 0 fully saturated rings.